The summed E-state index contributed by atoms with van der Waals surface area (Å²) in [6.07, 6.45) is 0. The van der Waals surface area contributed by atoms with Crippen molar-refractivity contribution in [2.45, 2.75) is 25.7 Å². The van der Waals surface area contributed by atoms with Crippen LogP contribution in [-0.2, 0) is 10.0 Å². The van der Waals surface area contributed by atoms with Crippen molar-refractivity contribution in [3.8, 4) is 0 Å². The number of benzene rings is 3. The van der Waals surface area contributed by atoms with Gasteiger partial charge in [-0.1, -0.05) is 23.8 Å². The molecule has 0 saturated carbocycles. The fourth-order valence-corrected chi connectivity index (χ4v) is 3.70. The Kier molecular flexibility index (Phi) is 5.51. The second-order valence-electron chi connectivity index (χ2n) is 6.75. The third-order valence-corrected chi connectivity index (χ3v) is 5.89. The molecule has 0 radical (unpaired) electrons. The molecule has 0 heterocycles. The largest absolute Gasteiger partial charge is 0.322 e. The summed E-state index contributed by atoms with van der Waals surface area (Å²) < 4.78 is 27.4. The minimum Gasteiger partial charge on any atom is -0.322 e. The predicted octanol–water partition coefficient (Wildman–Crippen LogP) is 4.66. The second-order valence-corrected chi connectivity index (χ2v) is 8.43. The van der Waals surface area contributed by atoms with Gasteiger partial charge < -0.3 is 5.32 Å². The molecule has 0 aliphatic rings. The zero-order valence-corrected chi connectivity index (χ0v) is 16.8. The quantitative estimate of drug-likeness (QED) is 0.661. The molecule has 0 bridgehead atoms. The first-order chi connectivity index (χ1) is 13.2. The smallest absolute Gasteiger partial charge is 0.261 e. The van der Waals surface area contributed by atoms with E-state index in [9.17, 15) is 13.2 Å². The number of hydrogen-bond donors (Lipinski definition) is 2. The Morgan fingerprint density at radius 2 is 1.36 bits per heavy atom. The van der Waals surface area contributed by atoms with Gasteiger partial charge in [0.15, 0.2) is 0 Å². The number of aryl methyl sites for hydroxylation is 3. The SMILES string of the molecule is Cc1ccc(S(=O)(=O)Nc2ccc(NC(=O)c3ccc(C)c(C)c3)cc2)cc1. The number of sulfonamides is 1. The third-order valence-electron chi connectivity index (χ3n) is 4.50. The van der Waals surface area contributed by atoms with Crippen LogP contribution in [-0.4, -0.2) is 14.3 Å². The summed E-state index contributed by atoms with van der Waals surface area (Å²) in [5.74, 6) is -0.212. The maximum Gasteiger partial charge on any atom is 0.261 e. The van der Waals surface area contributed by atoms with Gasteiger partial charge in [0.2, 0.25) is 0 Å². The van der Waals surface area contributed by atoms with E-state index in [1.807, 2.05) is 32.9 Å². The normalized spacial score (nSPS) is 11.1. The van der Waals surface area contributed by atoms with E-state index < -0.39 is 10.0 Å². The number of anilines is 2. The van der Waals surface area contributed by atoms with E-state index in [2.05, 4.69) is 10.0 Å². The molecule has 0 spiro atoms. The summed E-state index contributed by atoms with van der Waals surface area (Å²) in [4.78, 5) is 12.6. The Morgan fingerprint density at radius 1 is 0.750 bits per heavy atom. The maximum absolute atomic E-state index is 12.4. The molecule has 144 valence electrons. The average Bonchev–Trinajstić information content (AvgIpc) is 2.65. The topological polar surface area (TPSA) is 75.3 Å². The number of amides is 1. The Balaban J connectivity index is 1.70. The third kappa shape index (κ3) is 4.58. The molecule has 0 aliphatic carbocycles. The summed E-state index contributed by atoms with van der Waals surface area (Å²) in [6, 6.07) is 18.7. The van der Waals surface area contributed by atoms with Crippen LogP contribution in [0.3, 0.4) is 0 Å². The summed E-state index contributed by atoms with van der Waals surface area (Å²) in [7, 11) is -3.66. The molecule has 0 atom stereocenters. The molecule has 2 N–H and O–H groups in total. The lowest BCUT2D eigenvalue weighted by molar-refractivity contribution is 0.102. The zero-order chi connectivity index (χ0) is 20.3. The summed E-state index contributed by atoms with van der Waals surface area (Å²) in [5.41, 5.74) is 4.75. The van der Waals surface area contributed by atoms with E-state index in [0.29, 0.717) is 16.9 Å². The standard InChI is InChI=1S/C22H22N2O3S/c1-15-4-12-21(13-5-15)28(26,27)24-20-10-8-19(9-11-20)23-22(25)18-7-6-16(2)17(3)14-18/h4-14,24H,1-3H3,(H,23,25). The Bertz CT molecular complexity index is 1100. The lowest BCUT2D eigenvalue weighted by atomic mass is 10.1. The fourth-order valence-electron chi connectivity index (χ4n) is 2.64. The van der Waals surface area contributed by atoms with Crippen molar-refractivity contribution < 1.29 is 13.2 Å². The number of carbonyl (C=O) groups excluding carboxylic acids is 1. The molecule has 0 aliphatic heterocycles. The van der Waals surface area contributed by atoms with Crippen LogP contribution in [0.2, 0.25) is 0 Å². The van der Waals surface area contributed by atoms with Crippen LogP contribution in [0.15, 0.2) is 71.6 Å². The highest BCUT2D eigenvalue weighted by Gasteiger charge is 2.14. The van der Waals surface area contributed by atoms with E-state index in [-0.39, 0.29) is 10.8 Å². The molecule has 0 fully saturated rings. The summed E-state index contributed by atoms with van der Waals surface area (Å²) in [5, 5.41) is 2.82. The monoisotopic (exact) mass is 394 g/mol. The van der Waals surface area contributed by atoms with Gasteiger partial charge in [0.1, 0.15) is 0 Å². The van der Waals surface area contributed by atoms with Gasteiger partial charge in [0.25, 0.3) is 15.9 Å². The van der Waals surface area contributed by atoms with E-state index in [1.165, 1.54) is 0 Å². The Labute approximate surface area is 165 Å². The van der Waals surface area contributed by atoms with Crippen LogP contribution < -0.4 is 10.0 Å². The summed E-state index contributed by atoms with van der Waals surface area (Å²) in [6.45, 7) is 5.85. The molecule has 0 unspecified atom stereocenters. The van der Waals surface area contributed by atoms with Gasteiger partial charge in [-0.3, -0.25) is 9.52 Å². The molecule has 1 amide bonds. The van der Waals surface area contributed by atoms with Gasteiger partial charge in [-0.25, -0.2) is 8.42 Å². The van der Waals surface area contributed by atoms with Gasteiger partial charge in [-0.2, -0.15) is 0 Å². The minimum atomic E-state index is -3.66. The summed E-state index contributed by atoms with van der Waals surface area (Å²) >= 11 is 0. The van der Waals surface area contributed by atoms with Gasteiger partial charge in [-0.15, -0.1) is 0 Å². The van der Waals surface area contributed by atoms with Crippen molar-refractivity contribution in [1.82, 2.24) is 0 Å². The number of hydrogen-bond acceptors (Lipinski definition) is 3. The van der Waals surface area contributed by atoms with Crippen LogP contribution in [0.25, 0.3) is 0 Å². The van der Waals surface area contributed by atoms with Crippen molar-refractivity contribution in [1.29, 1.82) is 0 Å². The van der Waals surface area contributed by atoms with Crippen LogP contribution in [0, 0.1) is 20.8 Å². The average molecular weight is 394 g/mol. The van der Waals surface area contributed by atoms with Crippen molar-refractivity contribution in [2.24, 2.45) is 0 Å². The Hall–Kier alpha value is -3.12. The van der Waals surface area contributed by atoms with Crippen LogP contribution in [0.1, 0.15) is 27.0 Å². The first kappa shape index (κ1) is 19.6. The van der Waals surface area contributed by atoms with Crippen LogP contribution in [0.5, 0.6) is 0 Å². The van der Waals surface area contributed by atoms with Gasteiger partial charge in [0, 0.05) is 16.9 Å². The van der Waals surface area contributed by atoms with Gasteiger partial charge in [-0.05, 0) is 80.4 Å². The Morgan fingerprint density at radius 3 is 1.96 bits per heavy atom. The van der Waals surface area contributed by atoms with Crippen LogP contribution in [0.4, 0.5) is 11.4 Å². The molecule has 5 nitrogen and oxygen atoms in total. The highest BCUT2D eigenvalue weighted by atomic mass is 32.2. The number of rotatable bonds is 5. The van der Waals surface area contributed by atoms with Crippen molar-refractivity contribution >= 4 is 27.3 Å². The van der Waals surface area contributed by atoms with Gasteiger partial charge in [0.05, 0.1) is 4.90 Å². The number of carbonyl (C=O) groups is 1. The predicted molar refractivity (Wildman–Crippen MR) is 112 cm³/mol. The highest BCUT2D eigenvalue weighted by Crippen LogP contribution is 2.19. The molecule has 3 aromatic carbocycles. The number of nitrogens with one attached hydrogen (secondary N) is 2. The van der Waals surface area contributed by atoms with Crippen molar-refractivity contribution in [2.75, 3.05) is 10.0 Å². The molecule has 0 aromatic heterocycles. The van der Waals surface area contributed by atoms with E-state index in [0.717, 1.165) is 16.7 Å². The molecule has 6 heteroatoms. The molecule has 28 heavy (non-hydrogen) atoms. The molecule has 0 saturated heterocycles. The molecule has 3 aromatic rings. The zero-order valence-electron chi connectivity index (χ0n) is 16.0. The first-order valence-electron chi connectivity index (χ1n) is 8.83. The van der Waals surface area contributed by atoms with E-state index in [1.54, 1.807) is 54.6 Å². The van der Waals surface area contributed by atoms with Gasteiger partial charge >= 0.3 is 0 Å². The molecule has 3 rings (SSSR count). The van der Waals surface area contributed by atoms with Crippen molar-refractivity contribution in [3.05, 3.63) is 89.0 Å². The minimum absolute atomic E-state index is 0.199. The molecular weight excluding hydrogens is 372 g/mol. The fraction of sp³-hybridized carbons (Fsp3) is 0.136. The van der Waals surface area contributed by atoms with E-state index in [4.69, 9.17) is 0 Å². The van der Waals surface area contributed by atoms with Crippen LogP contribution >= 0.6 is 0 Å². The first-order valence-corrected chi connectivity index (χ1v) is 10.3. The highest BCUT2D eigenvalue weighted by molar-refractivity contribution is 7.92. The second kappa shape index (κ2) is 7.86. The van der Waals surface area contributed by atoms with Crippen molar-refractivity contribution in [3.63, 3.8) is 0 Å². The lowest BCUT2D eigenvalue weighted by Crippen LogP contribution is -2.14. The molecular formula is C22H22N2O3S. The lowest BCUT2D eigenvalue weighted by Gasteiger charge is -2.10. The maximum atomic E-state index is 12.4. The van der Waals surface area contributed by atoms with E-state index >= 15 is 0 Å².